The summed E-state index contributed by atoms with van der Waals surface area (Å²) in [6, 6.07) is 13.6. The fraction of sp³-hybridized carbons (Fsp3) is 0.188. The number of hydrogen-bond acceptors (Lipinski definition) is 4. The van der Waals surface area contributed by atoms with Crippen molar-refractivity contribution >= 4 is 21.6 Å². The fourth-order valence-corrected chi connectivity index (χ4v) is 3.24. The zero-order valence-corrected chi connectivity index (χ0v) is 13.3. The summed E-state index contributed by atoms with van der Waals surface area (Å²) in [5, 5.41) is 2.67. The molecule has 0 aliphatic carbocycles. The van der Waals surface area contributed by atoms with E-state index in [2.05, 4.69) is 10.0 Å². The minimum Gasteiger partial charge on any atom is -0.479 e. The molecule has 1 aliphatic heterocycles. The minimum atomic E-state index is -3.67. The molecule has 0 bridgehead atoms. The molecule has 0 unspecified atom stereocenters. The predicted octanol–water partition coefficient (Wildman–Crippen LogP) is 1.88. The number of carbonyl (C=O) groups excluding carboxylic acids is 1. The lowest BCUT2D eigenvalue weighted by molar-refractivity contribution is -0.122. The van der Waals surface area contributed by atoms with Gasteiger partial charge < -0.3 is 10.1 Å². The largest absolute Gasteiger partial charge is 0.479 e. The Balaban J connectivity index is 1.81. The van der Waals surface area contributed by atoms with Gasteiger partial charge in [-0.2, -0.15) is 0 Å². The first-order valence-electron chi connectivity index (χ1n) is 7.11. The van der Waals surface area contributed by atoms with Crippen LogP contribution >= 0.6 is 0 Å². The second-order valence-electron chi connectivity index (χ2n) is 5.22. The van der Waals surface area contributed by atoms with Crippen LogP contribution in [0.3, 0.4) is 0 Å². The number of amides is 1. The molecule has 0 spiro atoms. The van der Waals surface area contributed by atoms with Crippen molar-refractivity contribution in [1.29, 1.82) is 0 Å². The number of carbonyl (C=O) groups is 1. The van der Waals surface area contributed by atoms with E-state index in [0.717, 1.165) is 5.56 Å². The standard InChI is InChI=1S/C16H16N2O4S/c1-11-16(19)18-14-8-7-13(9-15(14)22-11)23(20,21)17-10-12-5-3-2-4-6-12/h2-9,11,17H,10H2,1H3,(H,18,19)/t11-/m0/s1. The summed E-state index contributed by atoms with van der Waals surface area (Å²) in [5.41, 5.74) is 1.33. The Morgan fingerprint density at radius 3 is 2.65 bits per heavy atom. The van der Waals surface area contributed by atoms with Crippen molar-refractivity contribution in [3.8, 4) is 5.75 Å². The van der Waals surface area contributed by atoms with Gasteiger partial charge in [0, 0.05) is 12.6 Å². The zero-order chi connectivity index (χ0) is 16.4. The van der Waals surface area contributed by atoms with Crippen molar-refractivity contribution < 1.29 is 17.9 Å². The Hall–Kier alpha value is -2.38. The third-order valence-electron chi connectivity index (χ3n) is 3.50. The van der Waals surface area contributed by atoms with Crippen LogP contribution in [0.15, 0.2) is 53.4 Å². The molecule has 23 heavy (non-hydrogen) atoms. The molecule has 2 aromatic carbocycles. The average molecular weight is 332 g/mol. The van der Waals surface area contributed by atoms with Crippen LogP contribution in [0.2, 0.25) is 0 Å². The van der Waals surface area contributed by atoms with E-state index < -0.39 is 16.1 Å². The molecule has 1 atom stereocenters. The normalized spacial score (nSPS) is 17.1. The molecular weight excluding hydrogens is 316 g/mol. The second kappa shape index (κ2) is 6.02. The Labute approximate surface area is 134 Å². The monoisotopic (exact) mass is 332 g/mol. The first kappa shape index (κ1) is 15.5. The Morgan fingerprint density at radius 1 is 1.17 bits per heavy atom. The van der Waals surface area contributed by atoms with Crippen molar-refractivity contribution in [3.63, 3.8) is 0 Å². The van der Waals surface area contributed by atoms with Gasteiger partial charge in [0.15, 0.2) is 6.10 Å². The molecule has 0 saturated carbocycles. The number of anilines is 1. The van der Waals surface area contributed by atoms with E-state index in [1.54, 1.807) is 6.92 Å². The van der Waals surface area contributed by atoms with Crippen LogP contribution in [0.1, 0.15) is 12.5 Å². The lowest BCUT2D eigenvalue weighted by Gasteiger charge is -2.23. The van der Waals surface area contributed by atoms with E-state index >= 15 is 0 Å². The average Bonchev–Trinajstić information content (AvgIpc) is 2.55. The number of benzene rings is 2. The highest BCUT2D eigenvalue weighted by atomic mass is 32.2. The molecule has 0 fully saturated rings. The molecule has 1 aliphatic rings. The number of fused-ring (bicyclic) bond motifs is 1. The number of hydrogen-bond donors (Lipinski definition) is 2. The van der Waals surface area contributed by atoms with E-state index in [4.69, 9.17) is 4.74 Å². The molecule has 6 nitrogen and oxygen atoms in total. The van der Waals surface area contributed by atoms with Crippen molar-refractivity contribution in [2.75, 3.05) is 5.32 Å². The van der Waals surface area contributed by atoms with Gasteiger partial charge in [0.25, 0.3) is 5.91 Å². The van der Waals surface area contributed by atoms with Gasteiger partial charge in [-0.15, -0.1) is 0 Å². The number of sulfonamides is 1. The Kier molecular flexibility index (Phi) is 4.06. The molecule has 1 heterocycles. The van der Waals surface area contributed by atoms with Crippen LogP contribution in [0.5, 0.6) is 5.75 Å². The summed E-state index contributed by atoms with van der Waals surface area (Å²) < 4.78 is 32.8. The summed E-state index contributed by atoms with van der Waals surface area (Å²) in [5.74, 6) is 0.0926. The van der Waals surface area contributed by atoms with Crippen molar-refractivity contribution in [2.24, 2.45) is 0 Å². The maximum absolute atomic E-state index is 12.4. The highest BCUT2D eigenvalue weighted by Crippen LogP contribution is 2.31. The van der Waals surface area contributed by atoms with Crippen molar-refractivity contribution in [3.05, 3.63) is 54.1 Å². The third kappa shape index (κ3) is 3.35. The molecular formula is C16H16N2O4S. The van der Waals surface area contributed by atoms with Crippen LogP contribution in [0, 0.1) is 0 Å². The van der Waals surface area contributed by atoms with E-state index in [-0.39, 0.29) is 17.3 Å². The minimum absolute atomic E-state index is 0.0931. The number of rotatable bonds is 4. The van der Waals surface area contributed by atoms with E-state index in [1.165, 1.54) is 18.2 Å². The zero-order valence-electron chi connectivity index (χ0n) is 12.4. The van der Waals surface area contributed by atoms with Gasteiger partial charge in [0.1, 0.15) is 5.75 Å². The Bertz CT molecular complexity index is 834. The Morgan fingerprint density at radius 2 is 1.91 bits per heavy atom. The summed E-state index contributed by atoms with van der Waals surface area (Å²) in [7, 11) is -3.67. The molecule has 2 aromatic rings. The van der Waals surface area contributed by atoms with E-state index in [0.29, 0.717) is 11.4 Å². The quantitative estimate of drug-likeness (QED) is 0.895. The molecule has 3 rings (SSSR count). The number of nitrogens with one attached hydrogen (secondary N) is 2. The first-order valence-corrected chi connectivity index (χ1v) is 8.59. The summed E-state index contributed by atoms with van der Waals surface area (Å²) in [6.07, 6.45) is -0.655. The van der Waals surface area contributed by atoms with Gasteiger partial charge in [-0.05, 0) is 24.6 Å². The second-order valence-corrected chi connectivity index (χ2v) is 6.98. The van der Waals surface area contributed by atoms with Gasteiger partial charge in [-0.25, -0.2) is 13.1 Å². The van der Waals surface area contributed by atoms with Gasteiger partial charge in [0.05, 0.1) is 10.6 Å². The predicted molar refractivity (Wildman–Crippen MR) is 85.6 cm³/mol. The van der Waals surface area contributed by atoms with Crippen LogP contribution in [-0.4, -0.2) is 20.4 Å². The lowest BCUT2D eigenvalue weighted by Crippen LogP contribution is -2.34. The first-order chi connectivity index (χ1) is 11.0. The maximum Gasteiger partial charge on any atom is 0.265 e. The van der Waals surface area contributed by atoms with Crippen molar-refractivity contribution in [1.82, 2.24) is 4.72 Å². The van der Waals surface area contributed by atoms with E-state index in [9.17, 15) is 13.2 Å². The maximum atomic E-state index is 12.4. The molecule has 0 radical (unpaired) electrons. The van der Waals surface area contributed by atoms with Gasteiger partial charge in [-0.3, -0.25) is 4.79 Å². The van der Waals surface area contributed by atoms with Crippen LogP contribution < -0.4 is 14.8 Å². The van der Waals surface area contributed by atoms with E-state index in [1.807, 2.05) is 30.3 Å². The van der Waals surface area contributed by atoms with Gasteiger partial charge >= 0.3 is 0 Å². The summed E-state index contributed by atoms with van der Waals surface area (Å²) in [6.45, 7) is 1.81. The molecule has 7 heteroatoms. The molecule has 0 aromatic heterocycles. The molecule has 2 N–H and O–H groups in total. The smallest absolute Gasteiger partial charge is 0.265 e. The lowest BCUT2D eigenvalue weighted by atomic mass is 10.2. The number of ether oxygens (including phenoxy) is 1. The van der Waals surface area contributed by atoms with Crippen LogP contribution in [0.25, 0.3) is 0 Å². The molecule has 1 amide bonds. The molecule has 120 valence electrons. The SMILES string of the molecule is C[C@@H]1Oc2cc(S(=O)(=O)NCc3ccccc3)ccc2NC1=O. The summed E-state index contributed by atoms with van der Waals surface area (Å²) >= 11 is 0. The molecule has 0 saturated heterocycles. The third-order valence-corrected chi connectivity index (χ3v) is 4.90. The van der Waals surface area contributed by atoms with Gasteiger partial charge in [-0.1, -0.05) is 30.3 Å². The van der Waals surface area contributed by atoms with Crippen molar-refractivity contribution in [2.45, 2.75) is 24.5 Å². The highest BCUT2D eigenvalue weighted by molar-refractivity contribution is 7.89. The summed E-state index contributed by atoms with van der Waals surface area (Å²) in [4.78, 5) is 11.6. The fourth-order valence-electron chi connectivity index (χ4n) is 2.21. The highest BCUT2D eigenvalue weighted by Gasteiger charge is 2.25. The van der Waals surface area contributed by atoms with Gasteiger partial charge in [0.2, 0.25) is 10.0 Å². The van der Waals surface area contributed by atoms with Crippen LogP contribution in [-0.2, 0) is 21.4 Å². The van der Waals surface area contributed by atoms with Crippen LogP contribution in [0.4, 0.5) is 5.69 Å². The topological polar surface area (TPSA) is 84.5 Å².